The molecular weight excluding hydrogens is 224 g/mol. The van der Waals surface area contributed by atoms with Crippen molar-refractivity contribution in [2.24, 2.45) is 11.6 Å². The van der Waals surface area contributed by atoms with Crippen LogP contribution in [0.2, 0.25) is 0 Å². The Labute approximate surface area is 98.2 Å². The van der Waals surface area contributed by atoms with Crippen LogP contribution in [0.5, 0.6) is 0 Å². The van der Waals surface area contributed by atoms with E-state index in [0.29, 0.717) is 16.1 Å². The fraction of sp³-hybridized carbons (Fsp3) is 0.100. The predicted molar refractivity (Wildman–Crippen MR) is 62.7 cm³/mol. The molecule has 0 radical (unpaired) electrons. The van der Waals surface area contributed by atoms with Gasteiger partial charge in [-0.15, -0.1) is 0 Å². The van der Waals surface area contributed by atoms with E-state index >= 15 is 0 Å². The van der Waals surface area contributed by atoms with Crippen LogP contribution in [0, 0.1) is 11.3 Å². The summed E-state index contributed by atoms with van der Waals surface area (Å²) in [5.74, 6) is 4.92. The molecule has 0 heterocycles. The number of hydrogen-bond donors (Lipinski definition) is 2. The molecule has 0 aliphatic heterocycles. The molecule has 0 atom stereocenters. The van der Waals surface area contributed by atoms with E-state index in [0.717, 1.165) is 0 Å². The molecule has 1 rings (SSSR count). The van der Waals surface area contributed by atoms with E-state index in [4.69, 9.17) is 16.8 Å². The number of nitriles is 1. The first-order valence-corrected chi connectivity index (χ1v) is 4.81. The molecule has 16 heavy (non-hydrogen) atoms. The van der Waals surface area contributed by atoms with Gasteiger partial charge in [0.1, 0.15) is 0 Å². The Kier molecular flexibility index (Phi) is 3.94. The number of carbonyl (C=O) groups is 1. The second-order valence-electron chi connectivity index (χ2n) is 3.09. The van der Waals surface area contributed by atoms with Gasteiger partial charge < -0.3 is 5.73 Å². The minimum atomic E-state index is -0.414. The quantitative estimate of drug-likeness (QED) is 0.326. The van der Waals surface area contributed by atoms with Gasteiger partial charge in [0.05, 0.1) is 18.1 Å². The highest BCUT2D eigenvalue weighted by Gasteiger charge is 2.12. The van der Waals surface area contributed by atoms with Crippen molar-refractivity contribution in [2.75, 3.05) is 0 Å². The van der Waals surface area contributed by atoms with Gasteiger partial charge in [0.15, 0.2) is 5.11 Å². The summed E-state index contributed by atoms with van der Waals surface area (Å²) in [5.41, 5.74) is 6.39. The molecule has 0 aromatic heterocycles. The lowest BCUT2D eigenvalue weighted by molar-refractivity contribution is -0.126. The van der Waals surface area contributed by atoms with Crippen molar-refractivity contribution in [1.29, 1.82) is 5.26 Å². The minimum Gasteiger partial charge on any atom is -0.375 e. The van der Waals surface area contributed by atoms with E-state index < -0.39 is 5.91 Å². The zero-order valence-corrected chi connectivity index (χ0v) is 9.20. The molecule has 0 aliphatic carbocycles. The third-order valence-corrected chi connectivity index (χ3v) is 2.11. The lowest BCUT2D eigenvalue weighted by Crippen LogP contribution is -2.46. The molecule has 0 unspecified atom stereocenters. The molecule has 1 aromatic carbocycles. The van der Waals surface area contributed by atoms with Crippen molar-refractivity contribution < 1.29 is 4.79 Å². The zero-order chi connectivity index (χ0) is 12.1. The third kappa shape index (κ3) is 3.02. The van der Waals surface area contributed by atoms with Crippen molar-refractivity contribution in [3.63, 3.8) is 0 Å². The van der Waals surface area contributed by atoms with Crippen LogP contribution in [0.4, 0.5) is 0 Å². The van der Waals surface area contributed by atoms with Crippen LogP contribution in [0.3, 0.4) is 0 Å². The summed E-state index contributed by atoms with van der Waals surface area (Å²) in [5, 5.41) is 9.22. The average Bonchev–Trinajstić information content (AvgIpc) is 2.28. The number of nitrogens with zero attached hydrogens (tertiary/aromatic N) is 2. The standard InChI is InChI=1S/C10H10N4OS/c11-6-8-3-1-2-7(4-8)5-9(15)14(13)10(12)16/h1-4H,5,13H2,(H2,12,16). The fourth-order valence-electron chi connectivity index (χ4n) is 1.13. The molecule has 6 heteroatoms. The van der Waals surface area contributed by atoms with E-state index in [-0.39, 0.29) is 11.5 Å². The number of nitrogens with two attached hydrogens (primary N) is 2. The van der Waals surface area contributed by atoms with E-state index in [1.165, 1.54) is 0 Å². The number of carbonyl (C=O) groups excluding carboxylic acids is 1. The Morgan fingerprint density at radius 2 is 2.25 bits per heavy atom. The number of rotatable bonds is 2. The Balaban J connectivity index is 2.78. The maximum atomic E-state index is 11.5. The lowest BCUT2D eigenvalue weighted by Gasteiger charge is -2.13. The molecule has 82 valence electrons. The molecule has 0 saturated carbocycles. The molecule has 0 spiro atoms. The van der Waals surface area contributed by atoms with Crippen LogP contribution >= 0.6 is 12.2 Å². The summed E-state index contributed by atoms with van der Waals surface area (Å²) in [6.07, 6.45) is 0.0589. The summed E-state index contributed by atoms with van der Waals surface area (Å²) in [4.78, 5) is 11.5. The highest BCUT2D eigenvalue weighted by molar-refractivity contribution is 7.80. The third-order valence-electron chi connectivity index (χ3n) is 1.92. The van der Waals surface area contributed by atoms with Crippen molar-refractivity contribution in [3.05, 3.63) is 35.4 Å². The van der Waals surface area contributed by atoms with Crippen molar-refractivity contribution >= 4 is 23.2 Å². The van der Waals surface area contributed by atoms with Crippen LogP contribution in [0.1, 0.15) is 11.1 Å². The van der Waals surface area contributed by atoms with Gasteiger partial charge in [-0.25, -0.2) is 10.9 Å². The van der Waals surface area contributed by atoms with Crippen LogP contribution in [0.15, 0.2) is 24.3 Å². The highest BCUT2D eigenvalue weighted by atomic mass is 32.1. The second-order valence-corrected chi connectivity index (χ2v) is 3.51. The van der Waals surface area contributed by atoms with Gasteiger partial charge >= 0.3 is 0 Å². The molecule has 5 nitrogen and oxygen atoms in total. The summed E-state index contributed by atoms with van der Waals surface area (Å²) < 4.78 is 0. The topological polar surface area (TPSA) is 96.1 Å². The van der Waals surface area contributed by atoms with Gasteiger partial charge in [-0.05, 0) is 29.9 Å². The predicted octanol–water partition coefficient (Wildman–Crippen LogP) is 0.0467. The molecule has 0 aliphatic rings. The van der Waals surface area contributed by atoms with Gasteiger partial charge in [-0.3, -0.25) is 4.79 Å². The first-order valence-electron chi connectivity index (χ1n) is 4.40. The van der Waals surface area contributed by atoms with E-state index in [2.05, 4.69) is 12.2 Å². The first kappa shape index (κ1) is 12.1. The fourth-order valence-corrected chi connectivity index (χ4v) is 1.24. The van der Waals surface area contributed by atoms with Crippen LogP contribution < -0.4 is 11.6 Å². The Morgan fingerprint density at radius 3 is 2.81 bits per heavy atom. The van der Waals surface area contributed by atoms with E-state index in [9.17, 15) is 4.79 Å². The van der Waals surface area contributed by atoms with Gasteiger partial charge in [0, 0.05) is 0 Å². The van der Waals surface area contributed by atoms with E-state index in [1.54, 1.807) is 24.3 Å². The molecular formula is C10H10N4OS. The Bertz CT molecular complexity index is 466. The summed E-state index contributed by atoms with van der Waals surface area (Å²) >= 11 is 4.56. The van der Waals surface area contributed by atoms with Gasteiger partial charge in [0.2, 0.25) is 5.91 Å². The number of hydrazine groups is 1. The summed E-state index contributed by atoms with van der Waals surface area (Å²) in [6, 6.07) is 8.68. The minimum absolute atomic E-state index is 0.0589. The van der Waals surface area contributed by atoms with E-state index in [1.807, 2.05) is 6.07 Å². The summed E-state index contributed by atoms with van der Waals surface area (Å²) in [7, 11) is 0. The first-order chi connectivity index (χ1) is 7.54. The number of hydrogen-bond acceptors (Lipinski definition) is 4. The highest BCUT2D eigenvalue weighted by Crippen LogP contribution is 2.05. The lowest BCUT2D eigenvalue weighted by atomic mass is 10.1. The summed E-state index contributed by atoms with van der Waals surface area (Å²) in [6.45, 7) is 0. The zero-order valence-electron chi connectivity index (χ0n) is 8.38. The van der Waals surface area contributed by atoms with Crippen LogP contribution in [-0.4, -0.2) is 16.0 Å². The SMILES string of the molecule is N#Cc1cccc(CC(=O)N(N)C(N)=S)c1. The van der Waals surface area contributed by atoms with Crippen LogP contribution in [0.25, 0.3) is 0 Å². The maximum absolute atomic E-state index is 11.5. The maximum Gasteiger partial charge on any atom is 0.247 e. The second kappa shape index (κ2) is 5.21. The monoisotopic (exact) mass is 234 g/mol. The van der Waals surface area contributed by atoms with Crippen LogP contribution in [-0.2, 0) is 11.2 Å². The van der Waals surface area contributed by atoms with Gasteiger partial charge in [-0.2, -0.15) is 5.26 Å². The van der Waals surface area contributed by atoms with Crippen molar-refractivity contribution in [1.82, 2.24) is 5.01 Å². The Morgan fingerprint density at radius 1 is 1.56 bits per heavy atom. The molecule has 0 bridgehead atoms. The van der Waals surface area contributed by atoms with Gasteiger partial charge in [-0.1, -0.05) is 12.1 Å². The molecule has 0 fully saturated rings. The van der Waals surface area contributed by atoms with Gasteiger partial charge in [0.25, 0.3) is 0 Å². The molecule has 1 amide bonds. The number of thiocarbonyl (C=S) groups is 1. The Hall–Kier alpha value is -1.97. The number of amides is 1. The number of benzene rings is 1. The molecule has 4 N–H and O–H groups in total. The molecule has 1 aromatic rings. The van der Waals surface area contributed by atoms with Crippen molar-refractivity contribution in [3.8, 4) is 6.07 Å². The average molecular weight is 234 g/mol. The normalized spacial score (nSPS) is 9.25. The molecule has 0 saturated heterocycles. The smallest absolute Gasteiger partial charge is 0.247 e. The van der Waals surface area contributed by atoms with Crippen molar-refractivity contribution in [2.45, 2.75) is 6.42 Å². The largest absolute Gasteiger partial charge is 0.375 e.